The molecule has 0 aliphatic carbocycles. The van der Waals surface area contributed by atoms with Gasteiger partial charge in [-0.3, -0.25) is 4.79 Å². The van der Waals surface area contributed by atoms with Gasteiger partial charge in [0, 0.05) is 16.2 Å². The molecule has 0 aromatic carbocycles. The number of thiophene rings is 1. The zero-order valence-electron chi connectivity index (χ0n) is 10.4. The lowest BCUT2D eigenvalue weighted by atomic mass is 10.0. The summed E-state index contributed by atoms with van der Waals surface area (Å²) in [4.78, 5) is 14.0. The summed E-state index contributed by atoms with van der Waals surface area (Å²) in [6.07, 6.45) is 3.93. The van der Waals surface area contributed by atoms with Gasteiger partial charge in [-0.1, -0.05) is 12.7 Å². The molecule has 0 radical (unpaired) electrons. The number of aryl methyl sites for hydroxylation is 1. The molecule has 2 heteroatoms. The summed E-state index contributed by atoms with van der Waals surface area (Å²) in [5.74, 6) is 0.166. The first kappa shape index (κ1) is 12.9. The van der Waals surface area contributed by atoms with Crippen molar-refractivity contribution in [3.05, 3.63) is 39.6 Å². The molecule has 0 aliphatic heterocycles. The van der Waals surface area contributed by atoms with Crippen molar-refractivity contribution in [3.63, 3.8) is 0 Å². The first-order valence-corrected chi connectivity index (χ1v) is 6.19. The van der Waals surface area contributed by atoms with Crippen molar-refractivity contribution in [3.8, 4) is 0 Å². The van der Waals surface area contributed by atoms with Crippen LogP contribution in [0.5, 0.6) is 0 Å². The fraction of sp³-hybridized carbons (Fsp3) is 0.357. The van der Waals surface area contributed by atoms with Crippen molar-refractivity contribution < 1.29 is 4.79 Å². The summed E-state index contributed by atoms with van der Waals surface area (Å²) in [7, 11) is 0. The molecule has 1 nitrogen and oxygen atoms in total. The molecule has 86 valence electrons. The molecule has 0 saturated heterocycles. The maximum Gasteiger partial charge on any atom is 0.159 e. The number of hydrogen-bond acceptors (Lipinski definition) is 2. The number of ketones is 1. The van der Waals surface area contributed by atoms with Crippen molar-refractivity contribution >= 4 is 22.7 Å². The number of rotatable bonds is 4. The van der Waals surface area contributed by atoms with Gasteiger partial charge in [0.1, 0.15) is 0 Å². The Morgan fingerprint density at radius 2 is 2.06 bits per heavy atom. The normalized spacial score (nSPS) is 11.0. The van der Waals surface area contributed by atoms with E-state index in [0.29, 0.717) is 6.42 Å². The molecule has 0 saturated carbocycles. The van der Waals surface area contributed by atoms with E-state index in [9.17, 15) is 4.79 Å². The van der Waals surface area contributed by atoms with Crippen LogP contribution in [0.1, 0.15) is 34.7 Å². The lowest BCUT2D eigenvalue weighted by molar-refractivity contribution is -0.114. The van der Waals surface area contributed by atoms with Crippen LogP contribution in [0, 0.1) is 13.8 Å². The molecular weight excluding hydrogens is 216 g/mol. The highest BCUT2D eigenvalue weighted by atomic mass is 32.1. The van der Waals surface area contributed by atoms with Gasteiger partial charge in [-0.15, -0.1) is 11.3 Å². The van der Waals surface area contributed by atoms with Crippen molar-refractivity contribution in [2.45, 2.75) is 34.1 Å². The molecule has 1 aromatic heterocycles. The van der Waals surface area contributed by atoms with Crippen LogP contribution in [-0.4, -0.2) is 5.78 Å². The topological polar surface area (TPSA) is 17.1 Å². The van der Waals surface area contributed by atoms with Crippen LogP contribution in [0.4, 0.5) is 0 Å². The second-order valence-corrected chi connectivity index (χ2v) is 5.24. The summed E-state index contributed by atoms with van der Waals surface area (Å²) < 4.78 is 0. The molecule has 0 unspecified atom stereocenters. The summed E-state index contributed by atoms with van der Waals surface area (Å²) in [5, 5.41) is 0. The van der Waals surface area contributed by atoms with Gasteiger partial charge in [-0.2, -0.15) is 0 Å². The second kappa shape index (κ2) is 5.26. The van der Waals surface area contributed by atoms with Crippen LogP contribution in [0.2, 0.25) is 0 Å². The molecule has 0 atom stereocenters. The number of allylic oxidation sites excluding steroid dienone is 3. The summed E-state index contributed by atoms with van der Waals surface area (Å²) in [6, 6.07) is 0. The van der Waals surface area contributed by atoms with Crippen molar-refractivity contribution in [2.75, 3.05) is 0 Å². The Labute approximate surface area is 102 Å². The molecular formula is C14H18OS. The highest BCUT2D eigenvalue weighted by Crippen LogP contribution is 2.32. The minimum absolute atomic E-state index is 0.166. The highest BCUT2D eigenvalue weighted by molar-refractivity contribution is 7.13. The third-order valence-corrected chi connectivity index (χ3v) is 3.98. The largest absolute Gasteiger partial charge is 0.294 e. The van der Waals surface area contributed by atoms with E-state index in [-0.39, 0.29) is 5.78 Å². The summed E-state index contributed by atoms with van der Waals surface area (Å²) in [5.41, 5.74) is 3.47. The van der Waals surface area contributed by atoms with Crippen LogP contribution in [-0.2, 0) is 11.2 Å². The van der Waals surface area contributed by atoms with Gasteiger partial charge in [-0.25, -0.2) is 0 Å². The highest BCUT2D eigenvalue weighted by Gasteiger charge is 2.14. The molecule has 0 amide bonds. The molecule has 0 spiro atoms. The SMILES string of the molecule is C=C(C)c1sc(C)c(CC(=O)/C=C/C)c1C. The van der Waals surface area contributed by atoms with Gasteiger partial charge in [0.25, 0.3) is 0 Å². The molecule has 0 N–H and O–H groups in total. The van der Waals surface area contributed by atoms with E-state index in [1.165, 1.54) is 20.9 Å². The number of hydrogen-bond donors (Lipinski definition) is 0. The first-order chi connectivity index (χ1) is 7.47. The molecule has 1 heterocycles. The third-order valence-electron chi connectivity index (χ3n) is 2.56. The smallest absolute Gasteiger partial charge is 0.159 e. The maximum atomic E-state index is 11.6. The Morgan fingerprint density at radius 3 is 2.50 bits per heavy atom. The average Bonchev–Trinajstić information content (AvgIpc) is 2.46. The molecule has 0 aliphatic rings. The van der Waals surface area contributed by atoms with E-state index >= 15 is 0 Å². The van der Waals surface area contributed by atoms with Gasteiger partial charge in [-0.05, 0) is 50.5 Å². The zero-order valence-corrected chi connectivity index (χ0v) is 11.2. The Morgan fingerprint density at radius 1 is 1.44 bits per heavy atom. The van der Waals surface area contributed by atoms with E-state index < -0.39 is 0 Å². The minimum Gasteiger partial charge on any atom is -0.294 e. The van der Waals surface area contributed by atoms with E-state index in [1.807, 2.05) is 13.8 Å². The predicted molar refractivity (Wildman–Crippen MR) is 72.0 cm³/mol. The second-order valence-electron chi connectivity index (χ2n) is 4.01. The monoisotopic (exact) mass is 234 g/mol. The Kier molecular flexibility index (Phi) is 4.25. The standard InChI is InChI=1S/C14H18OS/c1-6-7-12(15)8-13-10(4)14(9(2)3)16-11(13)5/h6-7H,2,8H2,1,3-5H3/b7-6+. The van der Waals surface area contributed by atoms with E-state index in [0.717, 1.165) is 5.57 Å². The molecule has 1 rings (SSSR count). The first-order valence-electron chi connectivity index (χ1n) is 5.37. The zero-order chi connectivity index (χ0) is 12.3. The fourth-order valence-corrected chi connectivity index (χ4v) is 2.88. The van der Waals surface area contributed by atoms with Crippen LogP contribution in [0.25, 0.3) is 5.57 Å². The Balaban J connectivity index is 3.05. The van der Waals surface area contributed by atoms with E-state index in [4.69, 9.17) is 0 Å². The van der Waals surface area contributed by atoms with Crippen LogP contribution < -0.4 is 0 Å². The van der Waals surface area contributed by atoms with Crippen molar-refractivity contribution in [2.24, 2.45) is 0 Å². The van der Waals surface area contributed by atoms with Gasteiger partial charge in [0.2, 0.25) is 0 Å². The summed E-state index contributed by atoms with van der Waals surface area (Å²) in [6.45, 7) is 12.0. The van der Waals surface area contributed by atoms with Gasteiger partial charge in [0.15, 0.2) is 5.78 Å². The predicted octanol–water partition coefficient (Wildman–Crippen LogP) is 4.09. The lowest BCUT2D eigenvalue weighted by Crippen LogP contribution is -2.00. The molecule has 1 aromatic rings. The molecule has 16 heavy (non-hydrogen) atoms. The van der Waals surface area contributed by atoms with Crippen LogP contribution in [0.15, 0.2) is 18.7 Å². The molecule has 0 bridgehead atoms. The van der Waals surface area contributed by atoms with E-state index in [2.05, 4.69) is 20.4 Å². The minimum atomic E-state index is 0.166. The average molecular weight is 234 g/mol. The lowest BCUT2D eigenvalue weighted by Gasteiger charge is -2.00. The third kappa shape index (κ3) is 2.70. The quantitative estimate of drug-likeness (QED) is 0.717. The maximum absolute atomic E-state index is 11.6. The fourth-order valence-electron chi connectivity index (χ4n) is 1.78. The summed E-state index contributed by atoms with van der Waals surface area (Å²) >= 11 is 1.73. The Bertz CT molecular complexity index is 450. The van der Waals surface area contributed by atoms with Crippen molar-refractivity contribution in [1.29, 1.82) is 0 Å². The van der Waals surface area contributed by atoms with Gasteiger partial charge in [0.05, 0.1) is 0 Å². The van der Waals surface area contributed by atoms with Gasteiger partial charge < -0.3 is 0 Å². The van der Waals surface area contributed by atoms with E-state index in [1.54, 1.807) is 23.5 Å². The van der Waals surface area contributed by atoms with Crippen LogP contribution >= 0.6 is 11.3 Å². The van der Waals surface area contributed by atoms with Crippen molar-refractivity contribution in [1.82, 2.24) is 0 Å². The molecule has 0 fully saturated rings. The number of carbonyl (C=O) groups excluding carboxylic acids is 1. The Hall–Kier alpha value is -1.15. The van der Waals surface area contributed by atoms with Gasteiger partial charge >= 0.3 is 0 Å². The number of carbonyl (C=O) groups is 1. The van der Waals surface area contributed by atoms with Crippen LogP contribution in [0.3, 0.4) is 0 Å².